The van der Waals surface area contributed by atoms with Gasteiger partial charge in [-0.25, -0.2) is 4.21 Å². The number of rotatable bonds is 4. The summed E-state index contributed by atoms with van der Waals surface area (Å²) in [5.41, 5.74) is 1.46. The van der Waals surface area contributed by atoms with Gasteiger partial charge < -0.3 is 14.1 Å². The van der Waals surface area contributed by atoms with Crippen LogP contribution in [0.1, 0.15) is 0 Å². The lowest BCUT2D eigenvalue weighted by molar-refractivity contribution is 0.441. The third-order valence-electron chi connectivity index (χ3n) is 3.07. The lowest BCUT2D eigenvalue weighted by Crippen LogP contribution is -2.01. The Balaban J connectivity index is 1.93. The Labute approximate surface area is 124 Å². The van der Waals surface area contributed by atoms with E-state index in [-0.39, 0.29) is 5.75 Å². The number of para-hydroxylation sites is 2. The fourth-order valence-corrected chi connectivity index (χ4v) is 2.43. The summed E-state index contributed by atoms with van der Waals surface area (Å²) in [6.45, 7) is 0. The second-order valence-corrected chi connectivity index (χ2v) is 5.05. The van der Waals surface area contributed by atoms with E-state index in [0.717, 1.165) is 16.5 Å². The molecule has 3 aromatic rings. The van der Waals surface area contributed by atoms with Crippen LogP contribution in [0.4, 0.5) is 11.4 Å². The first-order chi connectivity index (χ1) is 10.2. The summed E-state index contributed by atoms with van der Waals surface area (Å²) in [7, 11) is 0. The third-order valence-corrected chi connectivity index (χ3v) is 3.39. The molecule has 1 N–H and O–H groups in total. The molecule has 4 nitrogen and oxygen atoms in total. The van der Waals surface area contributed by atoms with Gasteiger partial charge in [0.25, 0.3) is 0 Å². The number of anilines is 2. The molecule has 0 saturated heterocycles. The van der Waals surface area contributed by atoms with Crippen molar-refractivity contribution in [3.05, 3.63) is 66.7 Å². The molecule has 3 aromatic carbocycles. The summed E-state index contributed by atoms with van der Waals surface area (Å²) in [6, 6.07) is 20.9. The molecule has 0 spiro atoms. The van der Waals surface area contributed by atoms with E-state index in [2.05, 4.69) is 5.32 Å². The molecule has 106 valence electrons. The molecule has 0 aliphatic rings. The highest BCUT2D eigenvalue weighted by Crippen LogP contribution is 2.29. The van der Waals surface area contributed by atoms with Crippen molar-refractivity contribution in [3.63, 3.8) is 0 Å². The Morgan fingerprint density at radius 2 is 1.62 bits per heavy atom. The van der Waals surface area contributed by atoms with Crippen LogP contribution in [-0.4, -0.2) is 8.76 Å². The molecule has 0 heterocycles. The summed E-state index contributed by atoms with van der Waals surface area (Å²) < 4.78 is 26.2. The van der Waals surface area contributed by atoms with Crippen LogP contribution in [0.25, 0.3) is 10.8 Å². The number of nitrogens with one attached hydrogen (secondary N) is 1. The second kappa shape index (κ2) is 5.95. The van der Waals surface area contributed by atoms with E-state index in [0.29, 0.717) is 5.69 Å². The van der Waals surface area contributed by atoms with E-state index in [1.165, 1.54) is 0 Å². The number of hydrogen-bond donors (Lipinski definition) is 1. The average molecular weight is 298 g/mol. The lowest BCUT2D eigenvalue weighted by Gasteiger charge is -2.14. The van der Waals surface area contributed by atoms with Gasteiger partial charge in [-0.1, -0.05) is 42.5 Å². The maximum atomic E-state index is 10.7. The highest BCUT2D eigenvalue weighted by atomic mass is 32.2. The predicted molar refractivity (Wildman–Crippen MR) is 83.2 cm³/mol. The molecule has 1 unspecified atom stereocenters. The first-order valence-corrected chi connectivity index (χ1v) is 7.35. The van der Waals surface area contributed by atoms with E-state index in [4.69, 9.17) is 4.18 Å². The largest absolute Gasteiger partial charge is 0.740 e. The molecule has 5 heteroatoms. The lowest BCUT2D eigenvalue weighted by atomic mass is 10.1. The van der Waals surface area contributed by atoms with Gasteiger partial charge in [-0.3, -0.25) is 0 Å². The molecule has 0 saturated carbocycles. The molecule has 1 atom stereocenters. The van der Waals surface area contributed by atoms with Crippen LogP contribution in [0.5, 0.6) is 5.75 Å². The summed E-state index contributed by atoms with van der Waals surface area (Å²) in [4.78, 5) is 0. The van der Waals surface area contributed by atoms with Crippen molar-refractivity contribution in [3.8, 4) is 5.75 Å². The molecule has 3 rings (SSSR count). The maximum Gasteiger partial charge on any atom is 0.162 e. The fourth-order valence-electron chi connectivity index (χ4n) is 2.14. The van der Waals surface area contributed by atoms with Crippen molar-refractivity contribution >= 4 is 33.5 Å². The fraction of sp³-hybridized carbons (Fsp3) is 0. The van der Waals surface area contributed by atoms with Crippen LogP contribution in [-0.2, 0) is 11.4 Å². The highest BCUT2D eigenvalue weighted by Gasteiger charge is 2.04. The maximum absolute atomic E-state index is 10.7. The van der Waals surface area contributed by atoms with Gasteiger partial charge in [0.2, 0.25) is 0 Å². The summed E-state index contributed by atoms with van der Waals surface area (Å²) in [5.74, 6) is 0.263. The molecule has 0 amide bonds. The molecule has 0 aliphatic carbocycles. The quantitative estimate of drug-likeness (QED) is 0.745. The Morgan fingerprint density at radius 1 is 0.905 bits per heavy atom. The zero-order valence-electron chi connectivity index (χ0n) is 11.0. The van der Waals surface area contributed by atoms with E-state index in [1.54, 1.807) is 18.2 Å². The van der Waals surface area contributed by atoms with Gasteiger partial charge in [-0.2, -0.15) is 0 Å². The van der Waals surface area contributed by atoms with Gasteiger partial charge in [-0.05, 0) is 35.0 Å². The molecule has 0 aliphatic heterocycles. The van der Waals surface area contributed by atoms with Crippen LogP contribution in [0, 0.1) is 0 Å². The third kappa shape index (κ3) is 3.21. The normalized spacial score (nSPS) is 12.0. The van der Waals surface area contributed by atoms with Crippen LogP contribution in [0.15, 0.2) is 66.7 Å². The molecule has 21 heavy (non-hydrogen) atoms. The summed E-state index contributed by atoms with van der Waals surface area (Å²) >= 11 is -2.60. The SMILES string of the molecule is O=S([O-])Oc1ccccc1Nc1ccc2ccccc2c1. The number of fused-ring (bicyclic) bond motifs is 1. The average Bonchev–Trinajstić information content (AvgIpc) is 2.49. The summed E-state index contributed by atoms with van der Waals surface area (Å²) in [6.07, 6.45) is 0. The molecule has 0 radical (unpaired) electrons. The minimum Gasteiger partial charge on any atom is -0.740 e. The summed E-state index contributed by atoms with van der Waals surface area (Å²) in [5, 5.41) is 5.42. The van der Waals surface area contributed by atoms with Crippen molar-refractivity contribution in [1.29, 1.82) is 0 Å². The molecular weight excluding hydrogens is 286 g/mol. The van der Waals surface area contributed by atoms with Gasteiger partial charge in [0.1, 0.15) is 11.4 Å². The van der Waals surface area contributed by atoms with Crippen molar-refractivity contribution in [2.45, 2.75) is 0 Å². The standard InChI is InChI=1S/C16H13NO3S/c18-21(19)20-16-8-4-3-7-15(16)17-14-10-9-12-5-1-2-6-13(12)11-14/h1-11,17H,(H,18,19)/p-1. The van der Waals surface area contributed by atoms with Crippen molar-refractivity contribution in [1.82, 2.24) is 0 Å². The van der Waals surface area contributed by atoms with Crippen LogP contribution < -0.4 is 9.50 Å². The van der Waals surface area contributed by atoms with E-state index in [9.17, 15) is 8.76 Å². The van der Waals surface area contributed by atoms with Crippen molar-refractivity contribution in [2.24, 2.45) is 0 Å². The van der Waals surface area contributed by atoms with E-state index in [1.807, 2.05) is 48.5 Å². The van der Waals surface area contributed by atoms with Crippen molar-refractivity contribution in [2.75, 3.05) is 5.32 Å². The Hall–Kier alpha value is -2.37. The van der Waals surface area contributed by atoms with Crippen molar-refractivity contribution < 1.29 is 12.9 Å². The first-order valence-electron chi connectivity index (χ1n) is 6.35. The zero-order valence-corrected chi connectivity index (χ0v) is 11.8. The predicted octanol–water partition coefficient (Wildman–Crippen LogP) is 3.76. The van der Waals surface area contributed by atoms with E-state index >= 15 is 0 Å². The smallest absolute Gasteiger partial charge is 0.162 e. The molecular formula is C16H12NO3S-. The topological polar surface area (TPSA) is 61.4 Å². The second-order valence-electron chi connectivity index (χ2n) is 4.47. The minimum absolute atomic E-state index is 0.263. The molecule has 0 bridgehead atoms. The van der Waals surface area contributed by atoms with Crippen LogP contribution in [0.2, 0.25) is 0 Å². The Bertz CT molecular complexity index is 804. The monoisotopic (exact) mass is 298 g/mol. The minimum atomic E-state index is -2.60. The van der Waals surface area contributed by atoms with Gasteiger partial charge in [-0.15, -0.1) is 0 Å². The van der Waals surface area contributed by atoms with Crippen LogP contribution in [0.3, 0.4) is 0 Å². The highest BCUT2D eigenvalue weighted by molar-refractivity contribution is 7.74. The van der Waals surface area contributed by atoms with Gasteiger partial charge in [0.05, 0.1) is 5.69 Å². The Kier molecular flexibility index (Phi) is 3.85. The van der Waals surface area contributed by atoms with E-state index < -0.39 is 11.4 Å². The van der Waals surface area contributed by atoms with Gasteiger partial charge >= 0.3 is 0 Å². The van der Waals surface area contributed by atoms with Crippen LogP contribution >= 0.6 is 0 Å². The zero-order chi connectivity index (χ0) is 14.7. The molecule has 0 fully saturated rings. The molecule has 0 aromatic heterocycles. The Morgan fingerprint density at radius 3 is 2.43 bits per heavy atom. The first kappa shape index (κ1) is 13.6. The van der Waals surface area contributed by atoms with Gasteiger partial charge in [0.15, 0.2) is 5.75 Å². The number of hydrogen-bond acceptors (Lipinski definition) is 4. The number of benzene rings is 3. The van der Waals surface area contributed by atoms with Gasteiger partial charge in [0, 0.05) is 5.69 Å².